The van der Waals surface area contributed by atoms with Gasteiger partial charge in [0.05, 0.1) is 17.8 Å². The van der Waals surface area contributed by atoms with Crippen molar-refractivity contribution in [2.75, 3.05) is 25.0 Å². The normalized spacial score (nSPS) is 33.1. The van der Waals surface area contributed by atoms with E-state index in [0.717, 1.165) is 62.9 Å². The van der Waals surface area contributed by atoms with Gasteiger partial charge in [-0.15, -0.1) is 11.6 Å². The molecule has 3 aliphatic rings. The minimum Gasteiger partial charge on any atom is -0.369 e. The molecule has 3 heterocycles. The number of alkyl halides is 1. The van der Waals surface area contributed by atoms with Gasteiger partial charge in [-0.2, -0.15) is 0 Å². The van der Waals surface area contributed by atoms with Crippen molar-refractivity contribution >= 4 is 23.2 Å². The third kappa shape index (κ3) is 5.76. The molecule has 1 aromatic heterocycles. The molecule has 0 bridgehead atoms. The van der Waals surface area contributed by atoms with E-state index >= 15 is 0 Å². The van der Waals surface area contributed by atoms with Gasteiger partial charge in [0.25, 0.3) is 5.56 Å². The summed E-state index contributed by atoms with van der Waals surface area (Å²) in [7, 11) is 0. The van der Waals surface area contributed by atoms with Gasteiger partial charge in [-0.1, -0.05) is 0 Å². The molecule has 3 fully saturated rings. The molecular formula is C24H40ClN7O2. The standard InChI is InChI=1S/C24H40ClN7O2/c1-14(2)32-13-18(10-19(23(32)34)15-5-7-16(25)8-6-15)29-22-20(21(27)33)11-28-24(30-22)31-9-3-4-17(26)12-31/h10,13-17,20,22,24,28-30H,3-9,11-12,26H2,1-2H3,(H2,27,33)/t15?,16?,17-,20?,22?,24?/m0/s1. The Bertz CT molecular complexity index is 915. The van der Waals surface area contributed by atoms with Gasteiger partial charge in [0, 0.05) is 48.9 Å². The molecule has 1 aromatic rings. The number of hydrogen-bond acceptors (Lipinski definition) is 7. The van der Waals surface area contributed by atoms with E-state index in [2.05, 4.69) is 20.9 Å². The van der Waals surface area contributed by atoms with Crippen LogP contribution in [0.3, 0.4) is 0 Å². The average Bonchev–Trinajstić information content (AvgIpc) is 2.80. The quantitative estimate of drug-likeness (QED) is 0.379. The van der Waals surface area contributed by atoms with Gasteiger partial charge in [0.2, 0.25) is 5.91 Å². The molecule has 190 valence electrons. The van der Waals surface area contributed by atoms with Crippen LogP contribution in [0.15, 0.2) is 17.1 Å². The van der Waals surface area contributed by atoms with E-state index < -0.39 is 5.92 Å². The first-order valence-corrected chi connectivity index (χ1v) is 13.1. The van der Waals surface area contributed by atoms with Crippen LogP contribution >= 0.6 is 11.6 Å². The summed E-state index contributed by atoms with van der Waals surface area (Å²) in [6, 6.07) is 2.14. The maximum Gasteiger partial charge on any atom is 0.254 e. The highest BCUT2D eigenvalue weighted by atomic mass is 35.5. The number of carbonyl (C=O) groups excluding carboxylic acids is 1. The average molecular weight is 494 g/mol. The van der Waals surface area contributed by atoms with Gasteiger partial charge in [-0.25, -0.2) is 0 Å². The summed E-state index contributed by atoms with van der Waals surface area (Å²) in [5, 5.41) is 10.6. The lowest BCUT2D eigenvalue weighted by Crippen LogP contribution is -2.70. The molecular weight excluding hydrogens is 454 g/mol. The maximum atomic E-state index is 13.3. The Morgan fingerprint density at radius 1 is 1.24 bits per heavy atom. The van der Waals surface area contributed by atoms with Crippen molar-refractivity contribution in [1.29, 1.82) is 0 Å². The summed E-state index contributed by atoms with van der Waals surface area (Å²) in [6.07, 6.45) is 7.13. The van der Waals surface area contributed by atoms with Crippen LogP contribution < -0.4 is 33.0 Å². The third-order valence-electron chi connectivity index (χ3n) is 7.54. The van der Waals surface area contributed by atoms with Gasteiger partial charge >= 0.3 is 0 Å². The second-order valence-electron chi connectivity index (χ2n) is 10.4. The van der Waals surface area contributed by atoms with Gasteiger partial charge in [0.15, 0.2) is 0 Å². The van der Waals surface area contributed by atoms with Gasteiger partial charge in [-0.05, 0) is 64.4 Å². The van der Waals surface area contributed by atoms with Crippen LogP contribution in [0.4, 0.5) is 5.69 Å². The summed E-state index contributed by atoms with van der Waals surface area (Å²) in [5.74, 6) is -0.613. The lowest BCUT2D eigenvalue weighted by Gasteiger charge is -2.44. The molecule has 34 heavy (non-hydrogen) atoms. The summed E-state index contributed by atoms with van der Waals surface area (Å²) < 4.78 is 1.78. The van der Waals surface area contributed by atoms with Crippen LogP contribution in [0.2, 0.25) is 0 Å². The van der Waals surface area contributed by atoms with Crippen LogP contribution in [-0.2, 0) is 4.79 Å². The number of nitrogens with zero attached hydrogens (tertiary/aromatic N) is 2. The highest BCUT2D eigenvalue weighted by molar-refractivity contribution is 6.20. The monoisotopic (exact) mass is 493 g/mol. The second-order valence-corrected chi connectivity index (χ2v) is 11.1. The number of pyridine rings is 1. The molecule has 4 atom stereocenters. The Kier molecular flexibility index (Phi) is 8.20. The zero-order chi connectivity index (χ0) is 24.4. The van der Waals surface area contributed by atoms with E-state index in [4.69, 9.17) is 23.1 Å². The topological polar surface area (TPSA) is 130 Å². The van der Waals surface area contributed by atoms with Gasteiger partial charge in [0.1, 0.15) is 6.29 Å². The van der Waals surface area contributed by atoms with Crippen molar-refractivity contribution in [3.05, 3.63) is 28.2 Å². The number of primary amides is 1. The van der Waals surface area contributed by atoms with E-state index in [1.165, 1.54) is 0 Å². The van der Waals surface area contributed by atoms with Crippen LogP contribution in [0, 0.1) is 5.92 Å². The molecule has 10 heteroatoms. The Hall–Kier alpha value is -1.65. The predicted octanol–water partition coefficient (Wildman–Crippen LogP) is 1.43. The van der Waals surface area contributed by atoms with E-state index in [-0.39, 0.29) is 47.3 Å². The smallest absolute Gasteiger partial charge is 0.254 e. The SMILES string of the molecule is CC(C)n1cc(NC2NC(N3CCC[C@H](N)C3)NCC2C(N)=O)cc(C2CCC(Cl)CC2)c1=O. The molecule has 2 aliphatic heterocycles. The molecule has 0 aromatic carbocycles. The van der Waals surface area contributed by atoms with E-state index in [1.807, 2.05) is 26.1 Å². The maximum absolute atomic E-state index is 13.3. The predicted molar refractivity (Wildman–Crippen MR) is 136 cm³/mol. The molecule has 7 N–H and O–H groups in total. The van der Waals surface area contributed by atoms with Crippen molar-refractivity contribution in [2.45, 2.75) is 88.2 Å². The fraction of sp³-hybridized carbons (Fsp3) is 0.750. The van der Waals surface area contributed by atoms with E-state index in [1.54, 1.807) is 4.57 Å². The highest BCUT2D eigenvalue weighted by Crippen LogP contribution is 2.34. The Labute approximate surface area is 206 Å². The number of hydrogen-bond donors (Lipinski definition) is 5. The number of anilines is 1. The zero-order valence-electron chi connectivity index (χ0n) is 20.3. The lowest BCUT2D eigenvalue weighted by atomic mass is 9.84. The molecule has 4 rings (SSSR count). The Morgan fingerprint density at radius 2 is 1.97 bits per heavy atom. The summed E-state index contributed by atoms with van der Waals surface area (Å²) >= 11 is 6.32. The number of halogens is 1. The number of amides is 1. The third-order valence-corrected chi connectivity index (χ3v) is 7.97. The number of carbonyl (C=O) groups is 1. The highest BCUT2D eigenvalue weighted by Gasteiger charge is 2.37. The number of nitrogens with two attached hydrogens (primary N) is 2. The molecule has 0 radical (unpaired) electrons. The molecule has 1 amide bonds. The number of nitrogens with one attached hydrogen (secondary N) is 3. The summed E-state index contributed by atoms with van der Waals surface area (Å²) in [5.41, 5.74) is 13.7. The second kappa shape index (κ2) is 11.0. The lowest BCUT2D eigenvalue weighted by molar-refractivity contribution is -0.123. The molecule has 1 aliphatic carbocycles. The zero-order valence-corrected chi connectivity index (χ0v) is 21.1. The number of rotatable bonds is 6. The van der Waals surface area contributed by atoms with Crippen LogP contribution in [0.1, 0.15) is 69.9 Å². The van der Waals surface area contributed by atoms with Crippen molar-refractivity contribution in [2.24, 2.45) is 17.4 Å². The van der Waals surface area contributed by atoms with Crippen LogP contribution in [0.5, 0.6) is 0 Å². The number of likely N-dealkylation sites (tertiary alicyclic amines) is 1. The molecule has 3 unspecified atom stereocenters. The molecule has 2 saturated heterocycles. The largest absolute Gasteiger partial charge is 0.369 e. The first-order chi connectivity index (χ1) is 16.2. The minimum atomic E-state index is -0.440. The molecule has 1 saturated carbocycles. The first kappa shape index (κ1) is 25.4. The molecule has 9 nitrogen and oxygen atoms in total. The number of aromatic nitrogens is 1. The van der Waals surface area contributed by atoms with Gasteiger partial charge in [-0.3, -0.25) is 25.1 Å². The van der Waals surface area contributed by atoms with Crippen molar-refractivity contribution in [3.63, 3.8) is 0 Å². The number of piperidine rings is 1. The minimum absolute atomic E-state index is 0.0212. The first-order valence-electron chi connectivity index (χ1n) is 12.7. The van der Waals surface area contributed by atoms with Gasteiger partial charge < -0.3 is 21.4 Å². The Morgan fingerprint density at radius 3 is 2.62 bits per heavy atom. The van der Waals surface area contributed by atoms with Crippen molar-refractivity contribution in [1.82, 2.24) is 20.1 Å². The van der Waals surface area contributed by atoms with Crippen molar-refractivity contribution in [3.8, 4) is 0 Å². The fourth-order valence-electron chi connectivity index (χ4n) is 5.54. The van der Waals surface area contributed by atoms with Crippen molar-refractivity contribution < 1.29 is 4.79 Å². The van der Waals surface area contributed by atoms with E-state index in [0.29, 0.717) is 6.54 Å². The fourth-order valence-corrected chi connectivity index (χ4v) is 5.79. The van der Waals surface area contributed by atoms with Crippen LogP contribution in [0.25, 0.3) is 0 Å². The summed E-state index contributed by atoms with van der Waals surface area (Å²) in [4.78, 5) is 27.8. The van der Waals surface area contributed by atoms with Crippen LogP contribution in [-0.4, -0.2) is 58.9 Å². The molecule has 0 spiro atoms. The summed E-state index contributed by atoms with van der Waals surface area (Å²) in [6.45, 7) is 6.22. The Balaban J connectivity index is 1.59. The van der Waals surface area contributed by atoms with E-state index in [9.17, 15) is 9.59 Å².